The summed E-state index contributed by atoms with van der Waals surface area (Å²) in [4.78, 5) is 15.7. The van der Waals surface area contributed by atoms with E-state index in [9.17, 15) is 9.90 Å². The Morgan fingerprint density at radius 1 is 1.42 bits per heavy atom. The number of anilines is 1. The molecule has 5 nitrogen and oxygen atoms in total. The maximum atomic E-state index is 11.3. The van der Waals surface area contributed by atoms with Crippen molar-refractivity contribution in [3.05, 3.63) is 24.3 Å². The topological polar surface area (TPSA) is 67.2 Å². The summed E-state index contributed by atoms with van der Waals surface area (Å²) in [5, 5.41) is 12.3. The third kappa shape index (κ3) is 2.86. The number of para-hydroxylation sites is 2. The minimum atomic E-state index is -0.847. The van der Waals surface area contributed by atoms with E-state index in [-0.39, 0.29) is 0 Å². The number of aromatic nitrogens is 2. The maximum absolute atomic E-state index is 11.3. The minimum absolute atomic E-state index is 0.309. The van der Waals surface area contributed by atoms with Crippen molar-refractivity contribution in [2.24, 2.45) is 13.0 Å². The zero-order chi connectivity index (χ0) is 14.0. The van der Waals surface area contributed by atoms with Crippen LogP contribution >= 0.6 is 0 Å². The molecule has 5 heteroatoms. The molecular formula is C14H19N3O2. The van der Waals surface area contributed by atoms with Crippen LogP contribution < -0.4 is 5.32 Å². The van der Waals surface area contributed by atoms with Crippen molar-refractivity contribution in [1.29, 1.82) is 0 Å². The largest absolute Gasteiger partial charge is 0.480 e. The number of imidazole rings is 1. The molecule has 0 bridgehead atoms. The molecule has 2 aromatic rings. The zero-order valence-corrected chi connectivity index (χ0v) is 11.4. The fourth-order valence-corrected chi connectivity index (χ4v) is 2.12. The Labute approximate surface area is 112 Å². The summed E-state index contributed by atoms with van der Waals surface area (Å²) >= 11 is 0. The van der Waals surface area contributed by atoms with E-state index in [2.05, 4.69) is 10.3 Å². The van der Waals surface area contributed by atoms with Gasteiger partial charge in [-0.1, -0.05) is 26.0 Å². The first-order valence-electron chi connectivity index (χ1n) is 6.40. The van der Waals surface area contributed by atoms with Crippen molar-refractivity contribution in [3.8, 4) is 0 Å². The van der Waals surface area contributed by atoms with Crippen molar-refractivity contribution >= 4 is 23.0 Å². The second-order valence-corrected chi connectivity index (χ2v) is 5.15. The van der Waals surface area contributed by atoms with Crippen LogP contribution in [0.4, 0.5) is 5.95 Å². The number of nitrogens with zero attached hydrogens (tertiary/aromatic N) is 2. The maximum Gasteiger partial charge on any atom is 0.326 e. The molecule has 0 spiro atoms. The monoisotopic (exact) mass is 261 g/mol. The predicted octanol–water partition coefficient (Wildman–Crippen LogP) is 2.48. The highest BCUT2D eigenvalue weighted by Gasteiger charge is 2.20. The van der Waals surface area contributed by atoms with E-state index >= 15 is 0 Å². The molecule has 0 radical (unpaired) electrons. The van der Waals surface area contributed by atoms with E-state index in [1.54, 1.807) is 0 Å². The molecule has 2 rings (SSSR count). The van der Waals surface area contributed by atoms with Gasteiger partial charge in [0.25, 0.3) is 0 Å². The molecule has 0 aliphatic carbocycles. The standard InChI is InChI=1S/C14H19N3O2/c1-9(2)8-11(13(18)19)16-14-15-10-6-4-5-7-12(10)17(14)3/h4-7,9,11H,8H2,1-3H3,(H,15,16)(H,18,19)/t11-/m1/s1. The predicted molar refractivity (Wildman–Crippen MR) is 75.2 cm³/mol. The second-order valence-electron chi connectivity index (χ2n) is 5.15. The molecule has 1 aromatic carbocycles. The van der Waals surface area contributed by atoms with Crippen LogP contribution in [0.25, 0.3) is 11.0 Å². The van der Waals surface area contributed by atoms with Crippen molar-refractivity contribution < 1.29 is 9.90 Å². The lowest BCUT2D eigenvalue weighted by Crippen LogP contribution is -2.31. The van der Waals surface area contributed by atoms with Crippen LogP contribution in [0, 0.1) is 5.92 Å². The van der Waals surface area contributed by atoms with Crippen LogP contribution in [0.15, 0.2) is 24.3 Å². The third-order valence-corrected chi connectivity index (χ3v) is 3.10. The summed E-state index contributed by atoms with van der Waals surface area (Å²) in [5.41, 5.74) is 1.85. The van der Waals surface area contributed by atoms with Gasteiger partial charge in [-0.25, -0.2) is 9.78 Å². The van der Waals surface area contributed by atoms with Gasteiger partial charge in [-0.15, -0.1) is 0 Å². The van der Waals surface area contributed by atoms with Crippen LogP contribution in [0.3, 0.4) is 0 Å². The van der Waals surface area contributed by atoms with E-state index < -0.39 is 12.0 Å². The summed E-state index contributed by atoms with van der Waals surface area (Å²) in [6.45, 7) is 4.01. The highest BCUT2D eigenvalue weighted by Crippen LogP contribution is 2.19. The first-order valence-corrected chi connectivity index (χ1v) is 6.40. The number of carbonyl (C=O) groups is 1. The van der Waals surface area contributed by atoms with Crippen LogP contribution in [0.1, 0.15) is 20.3 Å². The van der Waals surface area contributed by atoms with Gasteiger partial charge in [0, 0.05) is 7.05 Å². The number of nitrogens with one attached hydrogen (secondary N) is 1. The Bertz CT molecular complexity index is 589. The summed E-state index contributed by atoms with van der Waals surface area (Å²) < 4.78 is 1.88. The van der Waals surface area contributed by atoms with Gasteiger partial charge in [0.05, 0.1) is 11.0 Å². The molecule has 0 amide bonds. The Morgan fingerprint density at radius 2 is 2.11 bits per heavy atom. The van der Waals surface area contributed by atoms with Crippen LogP contribution in [-0.2, 0) is 11.8 Å². The van der Waals surface area contributed by atoms with Gasteiger partial charge in [-0.05, 0) is 24.5 Å². The van der Waals surface area contributed by atoms with E-state index in [1.165, 1.54) is 0 Å². The molecule has 0 aliphatic rings. The van der Waals surface area contributed by atoms with E-state index in [4.69, 9.17) is 0 Å². The van der Waals surface area contributed by atoms with Gasteiger partial charge >= 0.3 is 5.97 Å². The van der Waals surface area contributed by atoms with Crippen LogP contribution in [-0.4, -0.2) is 26.7 Å². The number of carboxylic acids is 1. The number of hydrogen-bond acceptors (Lipinski definition) is 3. The Morgan fingerprint density at radius 3 is 2.68 bits per heavy atom. The number of rotatable bonds is 5. The number of benzene rings is 1. The van der Waals surface area contributed by atoms with Gasteiger partial charge in [0.15, 0.2) is 0 Å². The average Bonchev–Trinajstić information content (AvgIpc) is 2.65. The third-order valence-electron chi connectivity index (χ3n) is 3.10. The number of carboxylic acid groups (broad SMARTS) is 1. The molecule has 1 aromatic heterocycles. The summed E-state index contributed by atoms with van der Waals surface area (Å²) in [6.07, 6.45) is 0.568. The highest BCUT2D eigenvalue weighted by molar-refractivity contribution is 5.81. The quantitative estimate of drug-likeness (QED) is 0.867. The second kappa shape index (κ2) is 5.30. The van der Waals surface area contributed by atoms with Crippen LogP contribution in [0.2, 0.25) is 0 Å². The van der Waals surface area contributed by atoms with Gasteiger partial charge in [-0.3, -0.25) is 0 Å². The van der Waals surface area contributed by atoms with Crippen molar-refractivity contribution in [2.75, 3.05) is 5.32 Å². The van der Waals surface area contributed by atoms with E-state index in [1.807, 2.05) is 49.7 Å². The lowest BCUT2D eigenvalue weighted by molar-refractivity contribution is -0.138. The summed E-state index contributed by atoms with van der Waals surface area (Å²) in [5.74, 6) is 0.0540. The average molecular weight is 261 g/mol. The number of aliphatic carboxylic acids is 1. The Kier molecular flexibility index (Phi) is 3.74. The minimum Gasteiger partial charge on any atom is -0.480 e. The molecule has 102 valence electrons. The lowest BCUT2D eigenvalue weighted by Gasteiger charge is -2.16. The molecule has 0 unspecified atom stereocenters. The molecule has 0 fully saturated rings. The number of hydrogen-bond donors (Lipinski definition) is 2. The lowest BCUT2D eigenvalue weighted by atomic mass is 10.0. The number of aryl methyl sites for hydroxylation is 1. The van der Waals surface area contributed by atoms with Gasteiger partial charge in [0.1, 0.15) is 6.04 Å². The van der Waals surface area contributed by atoms with Crippen molar-refractivity contribution in [2.45, 2.75) is 26.3 Å². The van der Waals surface area contributed by atoms with Crippen molar-refractivity contribution in [3.63, 3.8) is 0 Å². The Balaban J connectivity index is 2.28. The molecule has 0 saturated heterocycles. The van der Waals surface area contributed by atoms with Gasteiger partial charge < -0.3 is 15.0 Å². The first-order chi connectivity index (χ1) is 8.99. The molecule has 1 atom stereocenters. The fourth-order valence-electron chi connectivity index (χ4n) is 2.12. The van der Waals surface area contributed by atoms with E-state index in [0.717, 1.165) is 11.0 Å². The van der Waals surface area contributed by atoms with Crippen molar-refractivity contribution in [1.82, 2.24) is 9.55 Å². The molecule has 2 N–H and O–H groups in total. The zero-order valence-electron chi connectivity index (χ0n) is 11.4. The Hall–Kier alpha value is -2.04. The van der Waals surface area contributed by atoms with Gasteiger partial charge in [0.2, 0.25) is 5.95 Å². The SMILES string of the molecule is CC(C)C[C@@H](Nc1nc2ccccc2n1C)C(=O)O. The van der Waals surface area contributed by atoms with E-state index in [0.29, 0.717) is 18.3 Å². The smallest absolute Gasteiger partial charge is 0.326 e. The summed E-state index contributed by atoms with van der Waals surface area (Å²) in [7, 11) is 1.88. The molecule has 19 heavy (non-hydrogen) atoms. The van der Waals surface area contributed by atoms with Gasteiger partial charge in [-0.2, -0.15) is 0 Å². The molecule has 0 saturated carbocycles. The molecule has 0 aliphatic heterocycles. The number of fused-ring (bicyclic) bond motifs is 1. The summed E-state index contributed by atoms with van der Waals surface area (Å²) in [6, 6.07) is 7.12. The molecule has 1 heterocycles. The van der Waals surface area contributed by atoms with Crippen LogP contribution in [0.5, 0.6) is 0 Å². The molecular weight excluding hydrogens is 242 g/mol. The highest BCUT2D eigenvalue weighted by atomic mass is 16.4. The first kappa shape index (κ1) is 13.4. The fraction of sp³-hybridized carbons (Fsp3) is 0.429. The normalized spacial score (nSPS) is 12.8.